The largest absolute Gasteiger partial charge is 0.310 e. The molecule has 0 fully saturated rings. The normalized spacial score (nSPS) is 11.9. The molecule has 0 spiro atoms. The number of rotatable bonds is 8. The SMILES string of the molecule is c1ccc(N(c2cc(-c3ccc4c(c3)c3cc5ccc6sc7ccccc7c6c5cc3n4-c3ccccc3)cc(N(c3ccccc3)c3ccc4c(c3)sc3ccccc34)c2)c2ccc3c(c2)sc2ccccc23)cc1. The van der Waals surface area contributed by atoms with Gasteiger partial charge in [0.2, 0.25) is 0 Å². The average Bonchev–Trinajstić information content (AvgIpc) is 4.24. The van der Waals surface area contributed by atoms with E-state index in [1.807, 2.05) is 34.0 Å². The van der Waals surface area contributed by atoms with E-state index in [9.17, 15) is 0 Å². The zero-order valence-electron chi connectivity index (χ0n) is 40.9. The van der Waals surface area contributed by atoms with Crippen LogP contribution in [-0.2, 0) is 0 Å². The molecule has 16 rings (SSSR count). The minimum atomic E-state index is 1.06. The van der Waals surface area contributed by atoms with Crippen LogP contribution in [0.3, 0.4) is 0 Å². The molecule has 6 heteroatoms. The molecule has 0 radical (unpaired) electrons. The van der Waals surface area contributed by atoms with Gasteiger partial charge in [0, 0.05) is 111 Å². The van der Waals surface area contributed by atoms with E-state index in [1.54, 1.807) is 0 Å². The molecular formula is C70H43N3S3. The summed E-state index contributed by atoms with van der Waals surface area (Å²) in [5, 5.41) is 12.8. The minimum absolute atomic E-state index is 1.06. The lowest BCUT2D eigenvalue weighted by molar-refractivity contribution is 1.18. The Balaban J connectivity index is 0.960. The summed E-state index contributed by atoms with van der Waals surface area (Å²) in [4.78, 5) is 4.88. The van der Waals surface area contributed by atoms with Crippen molar-refractivity contribution in [2.75, 3.05) is 9.80 Å². The zero-order valence-corrected chi connectivity index (χ0v) is 43.3. The lowest BCUT2D eigenvalue weighted by Gasteiger charge is -2.30. The summed E-state index contributed by atoms with van der Waals surface area (Å²) in [6, 6.07) is 96.8. The van der Waals surface area contributed by atoms with E-state index >= 15 is 0 Å². The molecule has 3 nitrogen and oxygen atoms in total. The van der Waals surface area contributed by atoms with Gasteiger partial charge < -0.3 is 14.4 Å². The van der Waals surface area contributed by atoms with Gasteiger partial charge in [-0.15, -0.1) is 34.0 Å². The molecule has 0 aliphatic rings. The Morgan fingerprint density at radius 3 is 1.36 bits per heavy atom. The van der Waals surface area contributed by atoms with Crippen LogP contribution in [0, 0.1) is 0 Å². The molecule has 0 bridgehead atoms. The van der Waals surface area contributed by atoms with E-state index in [-0.39, 0.29) is 0 Å². The summed E-state index contributed by atoms with van der Waals surface area (Å²) < 4.78 is 10.2. The molecule has 0 unspecified atom stereocenters. The van der Waals surface area contributed by atoms with Crippen molar-refractivity contribution in [2.45, 2.75) is 0 Å². The third-order valence-electron chi connectivity index (χ3n) is 15.3. The number of aromatic nitrogens is 1. The molecule has 4 aromatic heterocycles. The van der Waals surface area contributed by atoms with Gasteiger partial charge in [-0.05, 0) is 149 Å². The summed E-state index contributed by atoms with van der Waals surface area (Å²) in [5.74, 6) is 0. The first-order chi connectivity index (χ1) is 37.6. The van der Waals surface area contributed by atoms with E-state index in [1.165, 1.54) is 93.1 Å². The van der Waals surface area contributed by atoms with Crippen molar-refractivity contribution in [3.63, 3.8) is 0 Å². The van der Waals surface area contributed by atoms with Crippen LogP contribution < -0.4 is 9.80 Å². The first-order valence-corrected chi connectivity index (χ1v) is 28.2. The molecule has 76 heavy (non-hydrogen) atoms. The van der Waals surface area contributed by atoms with Gasteiger partial charge in [-0.1, -0.05) is 133 Å². The van der Waals surface area contributed by atoms with Crippen LogP contribution >= 0.6 is 34.0 Å². The molecule has 0 amide bonds. The van der Waals surface area contributed by atoms with E-state index in [2.05, 4.69) is 275 Å². The first kappa shape index (κ1) is 43.4. The quantitative estimate of drug-likeness (QED) is 0.150. The molecule has 4 heterocycles. The maximum absolute atomic E-state index is 2.46. The average molecular weight is 1020 g/mol. The van der Waals surface area contributed by atoms with Crippen molar-refractivity contribution in [3.05, 3.63) is 261 Å². The highest BCUT2D eigenvalue weighted by atomic mass is 32.1. The number of hydrogen-bond donors (Lipinski definition) is 0. The van der Waals surface area contributed by atoms with Crippen molar-refractivity contribution in [3.8, 4) is 16.8 Å². The maximum Gasteiger partial charge on any atom is 0.0547 e. The molecule has 0 N–H and O–H groups in total. The predicted molar refractivity (Wildman–Crippen MR) is 332 cm³/mol. The number of anilines is 6. The van der Waals surface area contributed by atoms with E-state index in [0.29, 0.717) is 0 Å². The van der Waals surface area contributed by atoms with Gasteiger partial charge in [-0.2, -0.15) is 0 Å². The number of fused-ring (bicyclic) bond motifs is 14. The summed E-state index contributed by atoms with van der Waals surface area (Å²) in [6.07, 6.45) is 0. The third kappa shape index (κ3) is 6.92. The fraction of sp³-hybridized carbons (Fsp3) is 0. The minimum Gasteiger partial charge on any atom is -0.310 e. The number of para-hydroxylation sites is 3. The van der Waals surface area contributed by atoms with Gasteiger partial charge in [0.15, 0.2) is 0 Å². The fourth-order valence-electron chi connectivity index (χ4n) is 11.9. The number of thiophene rings is 3. The molecule has 16 aromatic rings. The van der Waals surface area contributed by atoms with Crippen LogP contribution in [0.15, 0.2) is 261 Å². The highest BCUT2D eigenvalue weighted by Crippen LogP contribution is 2.48. The molecule has 12 aromatic carbocycles. The highest BCUT2D eigenvalue weighted by Gasteiger charge is 2.23. The number of hydrogen-bond acceptors (Lipinski definition) is 5. The van der Waals surface area contributed by atoms with Gasteiger partial charge in [-0.25, -0.2) is 0 Å². The van der Waals surface area contributed by atoms with Crippen LogP contribution in [0.5, 0.6) is 0 Å². The van der Waals surface area contributed by atoms with Gasteiger partial charge in [0.25, 0.3) is 0 Å². The maximum atomic E-state index is 2.46. The standard InChI is InChI=1S/C70H43N3S3/c1-4-16-47(17-5-1)71(50-30-32-56-54-22-10-13-25-64(54)75-68(56)41-50)52-36-46(37-53(40-52)72(48-18-6-2-7-19-48)51-31-33-57-55-23-11-14-26-65(55)76-69(57)42-51)44-28-34-62-60(38-44)61-39-45-29-35-67-70(58-24-12-15-27-66(58)74-67)59(45)43-63(61)73(62)49-20-8-3-9-21-49/h1-43H. The van der Waals surface area contributed by atoms with Crippen molar-refractivity contribution in [2.24, 2.45) is 0 Å². The monoisotopic (exact) mass is 1020 g/mol. The van der Waals surface area contributed by atoms with Gasteiger partial charge in [0.1, 0.15) is 0 Å². The Morgan fingerprint density at radius 2 is 0.750 bits per heavy atom. The van der Waals surface area contributed by atoms with E-state index in [0.717, 1.165) is 50.9 Å². The van der Waals surface area contributed by atoms with Gasteiger partial charge in [0.05, 0.1) is 11.0 Å². The van der Waals surface area contributed by atoms with E-state index < -0.39 is 0 Å². The first-order valence-electron chi connectivity index (χ1n) is 25.7. The van der Waals surface area contributed by atoms with Crippen molar-refractivity contribution >= 4 is 161 Å². The van der Waals surface area contributed by atoms with Crippen LogP contribution in [0.25, 0.3) is 110 Å². The smallest absolute Gasteiger partial charge is 0.0547 e. The second-order valence-electron chi connectivity index (χ2n) is 19.7. The summed E-state index contributed by atoms with van der Waals surface area (Å²) in [7, 11) is 0. The fourth-order valence-corrected chi connectivity index (χ4v) is 15.3. The van der Waals surface area contributed by atoms with Crippen molar-refractivity contribution in [1.82, 2.24) is 4.57 Å². The highest BCUT2D eigenvalue weighted by molar-refractivity contribution is 7.26. The van der Waals surface area contributed by atoms with Crippen LogP contribution in [0.1, 0.15) is 0 Å². The van der Waals surface area contributed by atoms with Crippen LogP contribution in [-0.4, -0.2) is 4.57 Å². The van der Waals surface area contributed by atoms with E-state index in [4.69, 9.17) is 0 Å². The van der Waals surface area contributed by atoms with Crippen molar-refractivity contribution in [1.29, 1.82) is 0 Å². The van der Waals surface area contributed by atoms with Gasteiger partial charge >= 0.3 is 0 Å². The van der Waals surface area contributed by atoms with Crippen LogP contribution in [0.4, 0.5) is 34.1 Å². The Kier molecular flexibility index (Phi) is 9.85. The summed E-state index contributed by atoms with van der Waals surface area (Å²) in [5.41, 5.74) is 12.3. The Labute approximate surface area is 450 Å². The molecule has 0 saturated carbocycles. The molecule has 0 aliphatic heterocycles. The molecular weight excluding hydrogens is 979 g/mol. The lowest BCUT2D eigenvalue weighted by Crippen LogP contribution is -2.13. The lowest BCUT2D eigenvalue weighted by atomic mass is 9.98. The Bertz CT molecular complexity index is 4780. The predicted octanol–water partition coefficient (Wildman–Crippen LogP) is 21.6. The zero-order chi connectivity index (χ0) is 49.8. The second-order valence-corrected chi connectivity index (χ2v) is 22.9. The topological polar surface area (TPSA) is 11.4 Å². The molecule has 0 atom stereocenters. The molecule has 0 aliphatic carbocycles. The third-order valence-corrected chi connectivity index (χ3v) is 18.7. The van der Waals surface area contributed by atoms with Crippen LogP contribution in [0.2, 0.25) is 0 Å². The molecule has 356 valence electrons. The number of nitrogens with zero attached hydrogens (tertiary/aromatic N) is 3. The Hall–Kier alpha value is -9.04. The summed E-state index contributed by atoms with van der Waals surface area (Å²) in [6.45, 7) is 0. The summed E-state index contributed by atoms with van der Waals surface area (Å²) >= 11 is 5.59. The Morgan fingerprint density at radius 1 is 0.250 bits per heavy atom. The molecule has 0 saturated heterocycles. The second kappa shape index (κ2) is 17.3. The van der Waals surface area contributed by atoms with Crippen molar-refractivity contribution < 1.29 is 0 Å². The number of benzene rings is 12. The van der Waals surface area contributed by atoms with Gasteiger partial charge in [-0.3, -0.25) is 0 Å².